The Hall–Kier alpha value is -0.510. The number of aromatic nitrogens is 2. The lowest BCUT2D eigenvalue weighted by Gasteiger charge is -1.98. The molecule has 0 bridgehead atoms. The van der Waals surface area contributed by atoms with Crippen molar-refractivity contribution >= 4 is 21.7 Å². The zero-order valence-corrected chi connectivity index (χ0v) is 7.93. The first kappa shape index (κ1) is 7.16. The molecule has 0 aromatic carbocycles. The van der Waals surface area contributed by atoms with Crippen molar-refractivity contribution in [3.8, 4) is 0 Å². The van der Waals surface area contributed by atoms with Gasteiger partial charge in [0.15, 0.2) is 0 Å². The average molecular weight is 216 g/mol. The molecule has 4 heteroatoms. The topological polar surface area (TPSA) is 43.8 Å². The Bertz CT molecular complexity index is 288. The Labute approximate surface area is 73.7 Å². The van der Waals surface area contributed by atoms with Crippen LogP contribution >= 0.6 is 15.9 Å². The van der Waals surface area contributed by atoms with Gasteiger partial charge in [0.2, 0.25) is 0 Å². The van der Waals surface area contributed by atoms with Crippen LogP contribution in [0.4, 0.5) is 5.82 Å². The minimum atomic E-state index is 0.661. The number of rotatable bonds is 1. The quantitative estimate of drug-likeness (QED) is 0.775. The smallest absolute Gasteiger partial charge is 0.148 e. The van der Waals surface area contributed by atoms with Crippen LogP contribution in [0.2, 0.25) is 0 Å². The Kier molecular flexibility index (Phi) is 1.45. The number of imidazole rings is 1. The molecule has 0 unspecified atom stereocenters. The molecule has 1 fully saturated rings. The summed E-state index contributed by atoms with van der Waals surface area (Å²) in [7, 11) is 1.96. The number of nitrogen functional groups attached to an aromatic ring is 1. The SMILES string of the molecule is Cn1c(C2CC2)nc(Br)c1N. The van der Waals surface area contributed by atoms with E-state index in [1.165, 1.54) is 12.8 Å². The average Bonchev–Trinajstić information content (AvgIpc) is 2.76. The van der Waals surface area contributed by atoms with E-state index in [4.69, 9.17) is 5.73 Å². The molecular weight excluding hydrogens is 206 g/mol. The minimum Gasteiger partial charge on any atom is -0.383 e. The zero-order chi connectivity index (χ0) is 8.01. The van der Waals surface area contributed by atoms with Crippen LogP contribution in [0.3, 0.4) is 0 Å². The molecule has 1 aromatic rings. The highest BCUT2D eigenvalue weighted by Gasteiger charge is 2.29. The number of hydrogen-bond donors (Lipinski definition) is 1. The van der Waals surface area contributed by atoms with E-state index < -0.39 is 0 Å². The van der Waals surface area contributed by atoms with E-state index in [0.29, 0.717) is 5.92 Å². The molecule has 1 heterocycles. The summed E-state index contributed by atoms with van der Waals surface area (Å²) in [6.45, 7) is 0. The molecule has 0 atom stereocenters. The van der Waals surface area contributed by atoms with Gasteiger partial charge in [0.25, 0.3) is 0 Å². The molecule has 0 aliphatic heterocycles. The summed E-state index contributed by atoms with van der Waals surface area (Å²) < 4.78 is 2.74. The van der Waals surface area contributed by atoms with Crippen molar-refractivity contribution < 1.29 is 0 Å². The van der Waals surface area contributed by atoms with Crippen LogP contribution in [-0.4, -0.2) is 9.55 Å². The predicted molar refractivity (Wildman–Crippen MR) is 47.3 cm³/mol. The van der Waals surface area contributed by atoms with Crippen molar-refractivity contribution in [3.05, 3.63) is 10.4 Å². The highest BCUT2D eigenvalue weighted by molar-refractivity contribution is 9.10. The van der Waals surface area contributed by atoms with E-state index in [-0.39, 0.29) is 0 Å². The largest absolute Gasteiger partial charge is 0.383 e. The van der Waals surface area contributed by atoms with Gasteiger partial charge in [-0.3, -0.25) is 0 Å². The third-order valence-electron chi connectivity index (χ3n) is 2.07. The van der Waals surface area contributed by atoms with Crippen LogP contribution in [0.25, 0.3) is 0 Å². The number of anilines is 1. The number of nitrogens with two attached hydrogens (primary N) is 1. The van der Waals surface area contributed by atoms with Crippen LogP contribution in [0.1, 0.15) is 24.6 Å². The Balaban J connectivity index is 2.46. The van der Waals surface area contributed by atoms with E-state index in [9.17, 15) is 0 Å². The second-order valence-corrected chi connectivity index (χ2v) is 3.73. The third-order valence-corrected chi connectivity index (χ3v) is 2.66. The first-order chi connectivity index (χ1) is 5.20. The summed E-state index contributed by atoms with van der Waals surface area (Å²) in [6.07, 6.45) is 2.52. The maximum absolute atomic E-state index is 5.72. The van der Waals surface area contributed by atoms with Crippen LogP contribution in [0.5, 0.6) is 0 Å². The maximum atomic E-state index is 5.72. The highest BCUT2D eigenvalue weighted by atomic mass is 79.9. The maximum Gasteiger partial charge on any atom is 0.148 e. The lowest BCUT2D eigenvalue weighted by atomic mass is 10.4. The van der Waals surface area contributed by atoms with E-state index in [1.54, 1.807) is 0 Å². The predicted octanol–water partition coefficient (Wildman–Crippen LogP) is 1.64. The summed E-state index contributed by atoms with van der Waals surface area (Å²) in [6, 6.07) is 0. The summed E-state index contributed by atoms with van der Waals surface area (Å²) in [5.74, 6) is 2.51. The molecule has 60 valence electrons. The summed E-state index contributed by atoms with van der Waals surface area (Å²) >= 11 is 3.31. The Morgan fingerprint density at radius 2 is 2.27 bits per heavy atom. The van der Waals surface area contributed by atoms with Crippen molar-refractivity contribution in [2.45, 2.75) is 18.8 Å². The van der Waals surface area contributed by atoms with Crippen LogP contribution < -0.4 is 5.73 Å². The lowest BCUT2D eigenvalue weighted by Crippen LogP contribution is -1.99. The van der Waals surface area contributed by atoms with Gasteiger partial charge < -0.3 is 10.3 Å². The first-order valence-corrected chi connectivity index (χ1v) is 4.47. The fraction of sp³-hybridized carbons (Fsp3) is 0.571. The number of hydrogen-bond acceptors (Lipinski definition) is 2. The first-order valence-electron chi connectivity index (χ1n) is 3.67. The van der Waals surface area contributed by atoms with E-state index >= 15 is 0 Å². The van der Waals surface area contributed by atoms with Gasteiger partial charge in [0.1, 0.15) is 16.2 Å². The van der Waals surface area contributed by atoms with Gasteiger partial charge in [-0.15, -0.1) is 0 Å². The normalized spacial score (nSPS) is 17.3. The molecule has 1 saturated carbocycles. The molecule has 1 aliphatic rings. The van der Waals surface area contributed by atoms with Crippen LogP contribution in [0, 0.1) is 0 Å². The van der Waals surface area contributed by atoms with E-state index in [1.807, 2.05) is 11.6 Å². The van der Waals surface area contributed by atoms with Crippen molar-refractivity contribution in [1.82, 2.24) is 9.55 Å². The Morgan fingerprint density at radius 1 is 1.64 bits per heavy atom. The fourth-order valence-electron chi connectivity index (χ4n) is 1.20. The standard InChI is InChI=1S/C7H10BrN3/c1-11-6(9)5(8)10-7(11)4-2-3-4/h4H,2-3,9H2,1H3. The van der Waals surface area contributed by atoms with Gasteiger partial charge in [0, 0.05) is 13.0 Å². The second-order valence-electron chi connectivity index (χ2n) is 2.98. The van der Waals surface area contributed by atoms with Crippen LogP contribution in [-0.2, 0) is 7.05 Å². The molecule has 2 N–H and O–H groups in total. The van der Waals surface area contributed by atoms with Gasteiger partial charge >= 0.3 is 0 Å². The molecule has 1 aliphatic carbocycles. The van der Waals surface area contributed by atoms with Gasteiger partial charge in [0.05, 0.1) is 0 Å². The highest BCUT2D eigenvalue weighted by Crippen LogP contribution is 2.40. The lowest BCUT2D eigenvalue weighted by molar-refractivity contribution is 0.807. The van der Waals surface area contributed by atoms with E-state index in [0.717, 1.165) is 16.2 Å². The van der Waals surface area contributed by atoms with E-state index in [2.05, 4.69) is 20.9 Å². The molecule has 0 saturated heterocycles. The monoisotopic (exact) mass is 215 g/mol. The third kappa shape index (κ3) is 1.05. The Morgan fingerprint density at radius 3 is 2.64 bits per heavy atom. The molecule has 0 amide bonds. The number of halogens is 1. The van der Waals surface area contributed by atoms with Gasteiger partial charge in [-0.2, -0.15) is 0 Å². The van der Waals surface area contributed by atoms with Crippen molar-refractivity contribution in [2.75, 3.05) is 5.73 Å². The summed E-state index contributed by atoms with van der Waals surface area (Å²) in [5, 5.41) is 0. The summed E-state index contributed by atoms with van der Waals surface area (Å²) in [4.78, 5) is 4.33. The molecule has 11 heavy (non-hydrogen) atoms. The van der Waals surface area contributed by atoms with Crippen molar-refractivity contribution in [3.63, 3.8) is 0 Å². The molecule has 3 nitrogen and oxygen atoms in total. The molecule has 2 rings (SSSR count). The van der Waals surface area contributed by atoms with Crippen molar-refractivity contribution in [1.29, 1.82) is 0 Å². The zero-order valence-electron chi connectivity index (χ0n) is 6.34. The molecule has 0 spiro atoms. The number of nitrogens with zero attached hydrogens (tertiary/aromatic N) is 2. The van der Waals surface area contributed by atoms with Gasteiger partial charge in [-0.05, 0) is 28.8 Å². The molecule has 0 radical (unpaired) electrons. The summed E-state index contributed by atoms with van der Waals surface area (Å²) in [5.41, 5.74) is 5.72. The van der Waals surface area contributed by atoms with Gasteiger partial charge in [-0.1, -0.05) is 0 Å². The molecular formula is C7H10BrN3. The molecule has 1 aromatic heterocycles. The van der Waals surface area contributed by atoms with Crippen molar-refractivity contribution in [2.24, 2.45) is 7.05 Å². The second kappa shape index (κ2) is 2.24. The minimum absolute atomic E-state index is 0.661. The van der Waals surface area contributed by atoms with Gasteiger partial charge in [-0.25, -0.2) is 4.98 Å². The van der Waals surface area contributed by atoms with Crippen LogP contribution in [0.15, 0.2) is 4.60 Å². The fourth-order valence-corrected chi connectivity index (χ4v) is 1.65.